The third-order valence-electron chi connectivity index (χ3n) is 1.98. The highest BCUT2D eigenvalue weighted by molar-refractivity contribution is 7.90. The van der Waals surface area contributed by atoms with E-state index in [2.05, 4.69) is 4.72 Å². The first-order valence-electron chi connectivity index (χ1n) is 4.86. The van der Waals surface area contributed by atoms with Gasteiger partial charge in [-0.1, -0.05) is 13.3 Å². The first-order chi connectivity index (χ1) is 6.62. The van der Waals surface area contributed by atoms with E-state index in [-0.39, 0.29) is 0 Å². The van der Waals surface area contributed by atoms with Crippen LogP contribution in [-0.4, -0.2) is 30.3 Å². The topological polar surface area (TPSA) is 83.5 Å². The molecule has 5 nitrogen and oxygen atoms in total. The molecule has 0 aromatic heterocycles. The Morgan fingerprint density at radius 3 is 2.13 bits per heavy atom. The summed E-state index contributed by atoms with van der Waals surface area (Å²) in [6.45, 7) is 6.39. The molecule has 0 aromatic carbocycles. The number of carbonyl (C=O) groups is 1. The second-order valence-electron chi connectivity index (χ2n) is 4.41. The number of carboxylic acid groups (broad SMARTS) is 1. The number of hydrogen-bond acceptors (Lipinski definition) is 3. The smallest absolute Gasteiger partial charge is 0.321 e. The average molecular weight is 237 g/mol. The molecule has 0 aliphatic heterocycles. The highest BCUT2D eigenvalue weighted by Crippen LogP contribution is 2.14. The van der Waals surface area contributed by atoms with Gasteiger partial charge in [-0.15, -0.1) is 0 Å². The fourth-order valence-electron chi connectivity index (χ4n) is 0.886. The number of rotatable bonds is 5. The van der Waals surface area contributed by atoms with E-state index < -0.39 is 26.8 Å². The summed E-state index contributed by atoms with van der Waals surface area (Å²) < 4.78 is 24.5. The van der Waals surface area contributed by atoms with Crippen molar-refractivity contribution in [2.24, 2.45) is 0 Å². The lowest BCUT2D eigenvalue weighted by atomic mass is 10.2. The number of hydrogen-bond donors (Lipinski definition) is 2. The normalized spacial score (nSPS) is 14.9. The van der Waals surface area contributed by atoms with Crippen LogP contribution in [0.15, 0.2) is 0 Å². The van der Waals surface area contributed by atoms with Crippen molar-refractivity contribution in [1.29, 1.82) is 0 Å². The van der Waals surface area contributed by atoms with Crippen molar-refractivity contribution in [3.8, 4) is 0 Å². The molecule has 0 fully saturated rings. The lowest BCUT2D eigenvalue weighted by Crippen LogP contribution is -2.47. The SMILES string of the molecule is CCC[C@@H](NS(=O)(=O)C(C)(C)C)C(=O)O. The molecule has 0 saturated carbocycles. The van der Waals surface area contributed by atoms with E-state index in [9.17, 15) is 13.2 Å². The van der Waals surface area contributed by atoms with Gasteiger partial charge in [0.25, 0.3) is 0 Å². The Morgan fingerprint density at radius 1 is 1.40 bits per heavy atom. The van der Waals surface area contributed by atoms with Crippen molar-refractivity contribution >= 4 is 16.0 Å². The molecule has 2 N–H and O–H groups in total. The average Bonchev–Trinajstić information content (AvgIpc) is 2.00. The van der Waals surface area contributed by atoms with Crippen LogP contribution in [0.3, 0.4) is 0 Å². The summed E-state index contributed by atoms with van der Waals surface area (Å²) in [5.74, 6) is -1.13. The summed E-state index contributed by atoms with van der Waals surface area (Å²) in [6.07, 6.45) is 0.911. The Morgan fingerprint density at radius 2 is 1.87 bits per heavy atom. The van der Waals surface area contributed by atoms with E-state index in [1.54, 1.807) is 6.92 Å². The first-order valence-corrected chi connectivity index (χ1v) is 6.35. The van der Waals surface area contributed by atoms with Crippen LogP contribution in [-0.2, 0) is 14.8 Å². The number of sulfonamides is 1. The molecule has 0 rings (SSSR count). The molecule has 90 valence electrons. The maximum absolute atomic E-state index is 11.7. The molecule has 0 aromatic rings. The Bertz CT molecular complexity index is 315. The third-order valence-corrected chi connectivity index (χ3v) is 4.19. The monoisotopic (exact) mass is 237 g/mol. The van der Waals surface area contributed by atoms with Crippen LogP contribution >= 0.6 is 0 Å². The van der Waals surface area contributed by atoms with E-state index in [0.29, 0.717) is 12.8 Å². The molecule has 0 aliphatic carbocycles. The minimum atomic E-state index is -3.60. The van der Waals surface area contributed by atoms with Gasteiger partial charge in [0.05, 0.1) is 4.75 Å². The standard InChI is InChI=1S/C9H19NO4S/c1-5-6-7(8(11)12)10-15(13,14)9(2,3)4/h7,10H,5-6H2,1-4H3,(H,11,12)/t7-/m1/s1. The molecule has 15 heavy (non-hydrogen) atoms. The molecule has 0 aliphatic rings. The molecular weight excluding hydrogens is 218 g/mol. The van der Waals surface area contributed by atoms with Crippen molar-refractivity contribution in [3.63, 3.8) is 0 Å². The predicted molar refractivity (Wildman–Crippen MR) is 58.1 cm³/mol. The zero-order valence-corrected chi connectivity index (χ0v) is 10.4. The Kier molecular flexibility index (Phi) is 4.73. The zero-order chi connectivity index (χ0) is 12.3. The summed E-state index contributed by atoms with van der Waals surface area (Å²) >= 11 is 0. The molecule has 0 bridgehead atoms. The quantitative estimate of drug-likeness (QED) is 0.746. The van der Waals surface area contributed by atoms with E-state index in [4.69, 9.17) is 5.11 Å². The summed E-state index contributed by atoms with van der Waals surface area (Å²) in [4.78, 5) is 10.8. The molecule has 0 radical (unpaired) electrons. The van der Waals surface area contributed by atoms with Gasteiger partial charge in [0, 0.05) is 0 Å². The van der Waals surface area contributed by atoms with Crippen LogP contribution in [0.2, 0.25) is 0 Å². The molecule has 0 amide bonds. The molecule has 0 heterocycles. The highest BCUT2D eigenvalue weighted by atomic mass is 32.2. The van der Waals surface area contributed by atoms with Gasteiger partial charge in [0.15, 0.2) is 0 Å². The Labute approximate surface area is 90.9 Å². The van der Waals surface area contributed by atoms with Crippen molar-refractivity contribution in [1.82, 2.24) is 4.72 Å². The molecule has 1 atom stereocenters. The maximum Gasteiger partial charge on any atom is 0.321 e. The summed E-state index contributed by atoms with van der Waals surface area (Å²) in [7, 11) is -3.60. The van der Waals surface area contributed by atoms with Gasteiger partial charge in [0.2, 0.25) is 10.0 Å². The van der Waals surface area contributed by atoms with Crippen molar-refractivity contribution in [2.75, 3.05) is 0 Å². The number of aliphatic carboxylic acids is 1. The van der Waals surface area contributed by atoms with Gasteiger partial charge in [-0.25, -0.2) is 13.1 Å². The van der Waals surface area contributed by atoms with Crippen molar-refractivity contribution < 1.29 is 18.3 Å². The largest absolute Gasteiger partial charge is 0.480 e. The fraction of sp³-hybridized carbons (Fsp3) is 0.889. The fourth-order valence-corrected chi connectivity index (χ4v) is 1.83. The zero-order valence-electron chi connectivity index (χ0n) is 9.57. The van der Waals surface area contributed by atoms with Crippen molar-refractivity contribution in [3.05, 3.63) is 0 Å². The van der Waals surface area contributed by atoms with Crippen LogP contribution < -0.4 is 4.72 Å². The Hall–Kier alpha value is -0.620. The van der Waals surface area contributed by atoms with Crippen LogP contribution in [0.25, 0.3) is 0 Å². The van der Waals surface area contributed by atoms with E-state index >= 15 is 0 Å². The summed E-state index contributed by atoms with van der Waals surface area (Å²) in [5.41, 5.74) is 0. The summed E-state index contributed by atoms with van der Waals surface area (Å²) in [6, 6.07) is -1.03. The van der Waals surface area contributed by atoms with Crippen LogP contribution in [0.1, 0.15) is 40.5 Å². The lowest BCUT2D eigenvalue weighted by molar-refractivity contribution is -0.139. The number of nitrogens with one attached hydrogen (secondary N) is 1. The second kappa shape index (κ2) is 4.94. The predicted octanol–water partition coefficient (Wildman–Crippen LogP) is 0.958. The molecule has 6 heteroatoms. The van der Waals surface area contributed by atoms with E-state index in [1.165, 1.54) is 20.8 Å². The third kappa shape index (κ3) is 4.17. The second-order valence-corrected chi connectivity index (χ2v) is 6.88. The van der Waals surface area contributed by atoms with E-state index in [0.717, 1.165) is 0 Å². The highest BCUT2D eigenvalue weighted by Gasteiger charge is 2.33. The Balaban J connectivity index is 4.76. The van der Waals surface area contributed by atoms with Crippen LogP contribution in [0.4, 0.5) is 0 Å². The van der Waals surface area contributed by atoms with Gasteiger partial charge >= 0.3 is 5.97 Å². The molecule has 0 saturated heterocycles. The minimum absolute atomic E-state index is 0.296. The van der Waals surface area contributed by atoms with Crippen LogP contribution in [0, 0.1) is 0 Å². The van der Waals surface area contributed by atoms with E-state index in [1.807, 2.05) is 0 Å². The van der Waals surface area contributed by atoms with Crippen LogP contribution in [0.5, 0.6) is 0 Å². The van der Waals surface area contributed by atoms with Gasteiger partial charge in [-0.3, -0.25) is 4.79 Å². The van der Waals surface area contributed by atoms with Gasteiger partial charge < -0.3 is 5.11 Å². The number of carboxylic acids is 1. The molecule has 0 unspecified atom stereocenters. The molecular formula is C9H19NO4S. The van der Waals surface area contributed by atoms with Gasteiger partial charge in [0.1, 0.15) is 6.04 Å². The first kappa shape index (κ1) is 14.4. The summed E-state index contributed by atoms with van der Waals surface area (Å²) in [5, 5.41) is 8.81. The van der Waals surface area contributed by atoms with Gasteiger partial charge in [-0.05, 0) is 27.2 Å². The maximum atomic E-state index is 11.7. The van der Waals surface area contributed by atoms with Crippen molar-refractivity contribution in [2.45, 2.75) is 51.3 Å². The van der Waals surface area contributed by atoms with Gasteiger partial charge in [-0.2, -0.15) is 0 Å². The molecule has 0 spiro atoms. The minimum Gasteiger partial charge on any atom is -0.480 e. The lowest BCUT2D eigenvalue weighted by Gasteiger charge is -2.22.